The highest BCUT2D eigenvalue weighted by Gasteiger charge is 2.56. The van der Waals surface area contributed by atoms with Crippen molar-refractivity contribution in [3.63, 3.8) is 0 Å². The van der Waals surface area contributed by atoms with Gasteiger partial charge in [-0.2, -0.15) is 13.2 Å². The number of carbonyl (C=O) groups is 2. The summed E-state index contributed by atoms with van der Waals surface area (Å²) in [6.07, 6.45) is -5.24. The second-order valence-corrected chi connectivity index (χ2v) is 10.7. The molecule has 180 valence electrons. The van der Waals surface area contributed by atoms with Crippen molar-refractivity contribution in [2.24, 2.45) is 0 Å². The summed E-state index contributed by atoms with van der Waals surface area (Å²) < 4.78 is 64.9. The fraction of sp³-hybridized carbons (Fsp3) is 0.579. The number of carbonyl (C=O) groups excluding carboxylic acids is 2. The van der Waals surface area contributed by atoms with Crippen molar-refractivity contribution >= 4 is 44.6 Å². The Labute approximate surface area is 189 Å². The lowest BCUT2D eigenvalue weighted by atomic mass is 10.1. The molecule has 1 aliphatic rings. The predicted octanol–water partition coefficient (Wildman–Crippen LogP) is 2.44. The fourth-order valence-corrected chi connectivity index (χ4v) is 4.69. The first-order chi connectivity index (χ1) is 14.5. The lowest BCUT2D eigenvalue weighted by Gasteiger charge is -2.37. The summed E-state index contributed by atoms with van der Waals surface area (Å²) in [4.78, 5) is 26.7. The molecular formula is C19H25ClF3N3O5S. The number of halogens is 4. The van der Waals surface area contributed by atoms with Gasteiger partial charge < -0.3 is 20.2 Å². The molecule has 1 unspecified atom stereocenters. The van der Waals surface area contributed by atoms with E-state index in [9.17, 15) is 36.3 Å². The topological polar surface area (TPSA) is 107 Å². The van der Waals surface area contributed by atoms with Crippen LogP contribution in [-0.2, 0) is 19.4 Å². The number of benzene rings is 1. The van der Waals surface area contributed by atoms with E-state index in [2.05, 4.69) is 0 Å². The lowest BCUT2D eigenvalue weighted by molar-refractivity contribution is -0.242. The highest BCUT2D eigenvalue weighted by Crippen LogP contribution is 2.41. The molecule has 0 saturated carbocycles. The molecule has 8 nitrogen and oxygen atoms in total. The molecule has 0 aliphatic carbocycles. The number of amides is 2. The van der Waals surface area contributed by atoms with Crippen LogP contribution >= 0.6 is 11.6 Å². The molecule has 2 N–H and O–H groups in total. The number of hydrogen-bond donors (Lipinski definition) is 2. The van der Waals surface area contributed by atoms with Gasteiger partial charge in [0.15, 0.2) is 9.84 Å². The third-order valence-corrected chi connectivity index (χ3v) is 7.86. The summed E-state index contributed by atoms with van der Waals surface area (Å²) in [5.74, 6) is -1.92. The van der Waals surface area contributed by atoms with Gasteiger partial charge in [-0.15, -0.1) is 0 Å². The molecule has 1 heterocycles. The van der Waals surface area contributed by atoms with Crippen molar-refractivity contribution in [3.05, 3.63) is 17.2 Å². The summed E-state index contributed by atoms with van der Waals surface area (Å²) in [6.45, 7) is 5.65. The molecule has 32 heavy (non-hydrogen) atoms. The Morgan fingerprint density at radius 3 is 2.12 bits per heavy atom. The number of nitrogens with zero attached hydrogens (tertiary/aromatic N) is 2. The van der Waals surface area contributed by atoms with Gasteiger partial charge in [0.25, 0.3) is 5.91 Å². The van der Waals surface area contributed by atoms with Gasteiger partial charge in [0.05, 0.1) is 26.5 Å². The Bertz CT molecular complexity index is 1000. The highest BCUT2D eigenvalue weighted by molar-refractivity contribution is 7.92. The second kappa shape index (κ2) is 9.06. The standard InChI is InChI=1S/C19H25ClF3N3O5S/c1-11(2)32(30,31)14-6-5-13(24-17(28)18(4,29)19(21,22)23)15(20)16(14)26-9-7-25(8-10-26)12(3)27/h5-6,11,29H,7-10H2,1-4H3,(H,24,28). The van der Waals surface area contributed by atoms with E-state index < -0.39 is 32.8 Å². The molecule has 0 radical (unpaired) electrons. The Morgan fingerprint density at radius 1 is 1.16 bits per heavy atom. The number of aliphatic hydroxyl groups is 1. The third-order valence-electron chi connectivity index (χ3n) is 5.29. The third kappa shape index (κ3) is 4.96. The molecule has 13 heteroatoms. The zero-order valence-electron chi connectivity index (χ0n) is 18.0. The summed E-state index contributed by atoms with van der Waals surface area (Å²) >= 11 is 6.40. The first-order valence-electron chi connectivity index (χ1n) is 9.69. The van der Waals surface area contributed by atoms with E-state index in [1.807, 2.05) is 5.32 Å². The first kappa shape index (κ1) is 26.2. The molecular weight excluding hydrogens is 475 g/mol. The van der Waals surface area contributed by atoms with Gasteiger partial charge in [-0.1, -0.05) is 11.6 Å². The van der Waals surface area contributed by atoms with E-state index in [4.69, 9.17) is 11.6 Å². The minimum Gasteiger partial charge on any atom is -0.373 e. The predicted molar refractivity (Wildman–Crippen MR) is 114 cm³/mol. The normalized spacial score (nSPS) is 17.3. The Kier molecular flexibility index (Phi) is 7.42. The van der Waals surface area contributed by atoms with E-state index in [-0.39, 0.29) is 53.4 Å². The Morgan fingerprint density at radius 2 is 1.69 bits per heavy atom. The SMILES string of the molecule is CC(=O)N1CCN(c2c(S(=O)(=O)C(C)C)ccc(NC(=O)C(C)(O)C(F)(F)F)c2Cl)CC1. The van der Waals surface area contributed by atoms with E-state index in [1.165, 1.54) is 20.8 Å². The average Bonchev–Trinajstić information content (AvgIpc) is 2.68. The van der Waals surface area contributed by atoms with Crippen LogP contribution in [0.5, 0.6) is 0 Å². The molecule has 0 spiro atoms. The van der Waals surface area contributed by atoms with Crippen molar-refractivity contribution in [3.8, 4) is 0 Å². The smallest absolute Gasteiger partial charge is 0.373 e. The number of hydrogen-bond acceptors (Lipinski definition) is 6. The molecule has 2 amide bonds. The van der Waals surface area contributed by atoms with Gasteiger partial charge in [-0.3, -0.25) is 9.59 Å². The monoisotopic (exact) mass is 499 g/mol. The summed E-state index contributed by atoms with van der Waals surface area (Å²) in [5.41, 5.74) is -3.95. The maximum Gasteiger partial charge on any atom is 0.426 e. The summed E-state index contributed by atoms with van der Waals surface area (Å²) in [7, 11) is -3.85. The second-order valence-electron chi connectivity index (χ2n) is 7.88. The molecule has 1 atom stereocenters. The zero-order valence-corrected chi connectivity index (χ0v) is 19.5. The van der Waals surface area contributed by atoms with Crippen LogP contribution in [0.15, 0.2) is 17.0 Å². The first-order valence-corrected chi connectivity index (χ1v) is 11.6. The number of nitrogens with one attached hydrogen (secondary N) is 1. The van der Waals surface area contributed by atoms with E-state index in [0.29, 0.717) is 6.92 Å². The number of sulfone groups is 1. The number of alkyl halides is 3. The van der Waals surface area contributed by atoms with Gasteiger partial charge in [0.2, 0.25) is 11.5 Å². The van der Waals surface area contributed by atoms with Crippen LogP contribution in [-0.4, -0.2) is 73.4 Å². The molecule has 2 rings (SSSR count). The van der Waals surface area contributed by atoms with Gasteiger partial charge in [-0.05, 0) is 32.9 Å². The Hall–Kier alpha value is -2.05. The Balaban J connectivity index is 2.54. The highest BCUT2D eigenvalue weighted by atomic mass is 35.5. The maximum absolute atomic E-state index is 13.0. The van der Waals surface area contributed by atoms with E-state index in [1.54, 1.807) is 9.80 Å². The van der Waals surface area contributed by atoms with Gasteiger partial charge >= 0.3 is 6.18 Å². The molecule has 1 aromatic rings. The van der Waals surface area contributed by atoms with Crippen molar-refractivity contribution < 1.29 is 36.3 Å². The van der Waals surface area contributed by atoms with E-state index in [0.717, 1.165) is 12.1 Å². The van der Waals surface area contributed by atoms with Crippen LogP contribution in [0.3, 0.4) is 0 Å². The van der Waals surface area contributed by atoms with Crippen LogP contribution in [0, 0.1) is 0 Å². The van der Waals surface area contributed by atoms with Crippen LogP contribution in [0.4, 0.5) is 24.5 Å². The molecule has 0 bridgehead atoms. The molecule has 1 fully saturated rings. The van der Waals surface area contributed by atoms with Crippen LogP contribution < -0.4 is 10.2 Å². The average molecular weight is 500 g/mol. The van der Waals surface area contributed by atoms with Crippen molar-refractivity contribution in [2.45, 2.75) is 49.6 Å². The van der Waals surface area contributed by atoms with Crippen LogP contribution in [0.2, 0.25) is 5.02 Å². The van der Waals surface area contributed by atoms with Crippen molar-refractivity contribution in [1.29, 1.82) is 0 Å². The molecule has 1 aliphatic heterocycles. The number of anilines is 2. The van der Waals surface area contributed by atoms with Gasteiger partial charge in [-0.25, -0.2) is 8.42 Å². The zero-order chi connectivity index (χ0) is 24.6. The largest absolute Gasteiger partial charge is 0.426 e. The molecule has 0 aromatic heterocycles. The lowest BCUT2D eigenvalue weighted by Crippen LogP contribution is -2.52. The van der Waals surface area contributed by atoms with E-state index >= 15 is 0 Å². The quantitative estimate of drug-likeness (QED) is 0.644. The van der Waals surface area contributed by atoms with Crippen molar-refractivity contribution in [2.75, 3.05) is 36.4 Å². The maximum atomic E-state index is 13.0. The van der Waals surface area contributed by atoms with Crippen LogP contribution in [0.1, 0.15) is 27.7 Å². The minimum absolute atomic E-state index is 0.0213. The van der Waals surface area contributed by atoms with Crippen molar-refractivity contribution in [1.82, 2.24) is 4.90 Å². The van der Waals surface area contributed by atoms with Gasteiger partial charge in [0.1, 0.15) is 0 Å². The summed E-state index contributed by atoms with van der Waals surface area (Å²) in [6, 6.07) is 2.24. The minimum atomic E-state index is -5.24. The van der Waals surface area contributed by atoms with Crippen LogP contribution in [0.25, 0.3) is 0 Å². The summed E-state index contributed by atoms with van der Waals surface area (Å²) in [5, 5.41) is 10.4. The fourth-order valence-electron chi connectivity index (χ4n) is 3.04. The number of piperazine rings is 1. The molecule has 1 aromatic carbocycles. The van der Waals surface area contributed by atoms with Gasteiger partial charge in [0, 0.05) is 33.1 Å². The number of rotatable bonds is 5. The molecule has 1 saturated heterocycles.